The van der Waals surface area contributed by atoms with Gasteiger partial charge in [-0.3, -0.25) is 0 Å². The molecule has 0 aromatic rings. The van der Waals surface area contributed by atoms with Crippen molar-refractivity contribution in [3.8, 4) is 0 Å². The Kier molecular flexibility index (Phi) is 14.4. The highest BCUT2D eigenvalue weighted by atomic mass is 31.2. The van der Waals surface area contributed by atoms with Gasteiger partial charge in [-0.25, -0.2) is 0 Å². The van der Waals surface area contributed by atoms with Crippen molar-refractivity contribution in [3.63, 3.8) is 0 Å². The van der Waals surface area contributed by atoms with Crippen LogP contribution in [0.5, 0.6) is 0 Å². The second kappa shape index (κ2) is 17.0. The summed E-state index contributed by atoms with van der Waals surface area (Å²) in [6.07, 6.45) is 43.7. The fraction of sp³-hybridized carbons (Fsp3) is 1.00. The van der Waals surface area contributed by atoms with Crippen molar-refractivity contribution in [2.24, 2.45) is 0 Å². The molecule has 0 aliphatic heterocycles. The van der Waals surface area contributed by atoms with E-state index in [1.165, 1.54) is 81.2 Å². The van der Waals surface area contributed by atoms with Crippen LogP contribution in [0.4, 0.5) is 0 Å². The molecule has 0 unspecified atom stereocenters. The summed E-state index contributed by atoms with van der Waals surface area (Å²) in [7, 11) is -0.802. The lowest BCUT2D eigenvalue weighted by atomic mass is 9.99. The zero-order chi connectivity index (χ0) is 23.0. The first-order valence-corrected chi connectivity index (χ1v) is 18.4. The monoisotopic (exact) mass is 477 g/mol. The molecule has 0 nitrogen and oxygen atoms in total. The Bertz CT molecular complexity index is 408. The second-order valence-corrected chi connectivity index (χ2v) is 17.1. The van der Waals surface area contributed by atoms with Crippen molar-refractivity contribution in [1.29, 1.82) is 0 Å². The van der Waals surface area contributed by atoms with Crippen LogP contribution >= 0.6 is 7.26 Å². The fourth-order valence-electron chi connectivity index (χ4n) is 8.35. The Morgan fingerprint density at radius 3 is 1.03 bits per heavy atom. The lowest BCUT2D eigenvalue weighted by Crippen LogP contribution is -2.37. The van der Waals surface area contributed by atoms with E-state index >= 15 is 0 Å². The molecule has 3 aliphatic rings. The largest absolute Gasteiger partial charge is 0.0703 e. The Morgan fingerprint density at radius 2 is 0.697 bits per heavy atom. The van der Waals surface area contributed by atoms with Gasteiger partial charge in [-0.05, 0) is 89.9 Å². The number of unbranched alkanes of at least 4 members (excludes halogenated alkanes) is 11. The maximum absolute atomic E-state index is 2.32. The molecule has 33 heavy (non-hydrogen) atoms. The number of hydrogen-bond donors (Lipinski definition) is 0. The van der Waals surface area contributed by atoms with Crippen LogP contribution in [0.2, 0.25) is 0 Å². The van der Waals surface area contributed by atoms with E-state index in [0.29, 0.717) is 0 Å². The summed E-state index contributed by atoms with van der Waals surface area (Å²) in [6, 6.07) is 0. The van der Waals surface area contributed by atoms with E-state index in [1.807, 2.05) is 0 Å². The smallest absolute Gasteiger partial charge is 0.0654 e. The predicted octanol–water partition coefficient (Wildman–Crippen LogP) is 11.7. The van der Waals surface area contributed by atoms with Gasteiger partial charge in [-0.15, -0.1) is 0 Å². The van der Waals surface area contributed by atoms with Crippen molar-refractivity contribution >= 4 is 7.26 Å². The summed E-state index contributed by atoms with van der Waals surface area (Å²) >= 11 is 0. The molecule has 0 aromatic heterocycles. The molecule has 0 N–H and O–H groups in total. The molecule has 3 aliphatic carbocycles. The molecular formula is C32H62P+. The first-order chi connectivity index (χ1) is 16.4. The molecule has 3 rings (SSSR count). The lowest BCUT2D eigenvalue weighted by molar-refractivity contribution is 0.449. The van der Waals surface area contributed by atoms with Crippen molar-refractivity contribution in [2.45, 2.75) is 197 Å². The average Bonchev–Trinajstić information content (AvgIpc) is 2.89. The Labute approximate surface area is 210 Å². The molecule has 0 heterocycles. The third-order valence-corrected chi connectivity index (χ3v) is 16.9. The standard InChI is InChI=1S/C32H62P/c1-2-3-4-5-6-7-8-9-10-11-12-22-29-33(30-23-16-13-17-24-30,31-25-18-14-19-26-31)32-27-20-15-21-28-32/h30-32H,2-29H2,1H3/q+1. The van der Waals surface area contributed by atoms with E-state index in [1.54, 1.807) is 115 Å². The van der Waals surface area contributed by atoms with Crippen molar-refractivity contribution in [1.82, 2.24) is 0 Å². The first-order valence-electron chi connectivity index (χ1n) is 16.2. The number of hydrogen-bond acceptors (Lipinski definition) is 0. The molecule has 3 saturated carbocycles. The quantitative estimate of drug-likeness (QED) is 0.153. The molecular weight excluding hydrogens is 415 g/mol. The van der Waals surface area contributed by atoms with Crippen LogP contribution in [0.1, 0.15) is 180 Å². The minimum absolute atomic E-state index is 0.802. The topological polar surface area (TPSA) is 0 Å². The molecule has 0 bridgehead atoms. The van der Waals surface area contributed by atoms with E-state index in [4.69, 9.17) is 0 Å². The average molecular weight is 478 g/mol. The Hall–Kier alpha value is 0.430. The minimum atomic E-state index is -0.802. The maximum Gasteiger partial charge on any atom is 0.0703 e. The van der Waals surface area contributed by atoms with Gasteiger partial charge in [0.25, 0.3) is 0 Å². The van der Waals surface area contributed by atoms with Crippen LogP contribution in [0, 0.1) is 0 Å². The fourth-order valence-corrected chi connectivity index (χ4v) is 16.0. The van der Waals surface area contributed by atoms with Crippen molar-refractivity contribution < 1.29 is 0 Å². The first kappa shape index (κ1) is 28.0. The third kappa shape index (κ3) is 9.10. The molecule has 3 fully saturated rings. The van der Waals surface area contributed by atoms with Crippen LogP contribution in [0.15, 0.2) is 0 Å². The van der Waals surface area contributed by atoms with Gasteiger partial charge in [-0.1, -0.05) is 90.4 Å². The molecule has 0 amide bonds. The van der Waals surface area contributed by atoms with Gasteiger partial charge >= 0.3 is 0 Å². The molecule has 0 saturated heterocycles. The van der Waals surface area contributed by atoms with E-state index < -0.39 is 7.26 Å². The van der Waals surface area contributed by atoms with Gasteiger partial charge in [0.1, 0.15) is 0 Å². The van der Waals surface area contributed by atoms with Crippen LogP contribution < -0.4 is 0 Å². The molecule has 0 aromatic carbocycles. The lowest BCUT2D eigenvalue weighted by Gasteiger charge is -2.49. The highest BCUT2D eigenvalue weighted by molar-refractivity contribution is 7.77. The van der Waals surface area contributed by atoms with Crippen LogP contribution in [0.25, 0.3) is 0 Å². The minimum Gasteiger partial charge on any atom is -0.0654 e. The Balaban J connectivity index is 1.47. The molecule has 0 radical (unpaired) electrons. The van der Waals surface area contributed by atoms with E-state index in [2.05, 4.69) is 6.92 Å². The second-order valence-electron chi connectivity index (χ2n) is 12.5. The highest BCUT2D eigenvalue weighted by Crippen LogP contribution is 2.77. The maximum atomic E-state index is 2.32. The van der Waals surface area contributed by atoms with Gasteiger partial charge in [-0.2, -0.15) is 0 Å². The van der Waals surface area contributed by atoms with Gasteiger partial charge in [0.05, 0.1) is 23.1 Å². The van der Waals surface area contributed by atoms with Gasteiger partial charge < -0.3 is 0 Å². The van der Waals surface area contributed by atoms with Crippen molar-refractivity contribution in [2.75, 3.05) is 6.16 Å². The van der Waals surface area contributed by atoms with Gasteiger partial charge in [0, 0.05) is 7.26 Å². The van der Waals surface area contributed by atoms with E-state index in [-0.39, 0.29) is 0 Å². The van der Waals surface area contributed by atoms with Crippen LogP contribution in [-0.4, -0.2) is 23.1 Å². The van der Waals surface area contributed by atoms with Crippen LogP contribution in [-0.2, 0) is 0 Å². The summed E-state index contributed by atoms with van der Waals surface area (Å²) in [6.45, 7) is 2.32. The molecule has 1 heteroatoms. The molecule has 0 atom stereocenters. The molecule has 0 spiro atoms. The molecule has 194 valence electrons. The van der Waals surface area contributed by atoms with Crippen LogP contribution in [0.3, 0.4) is 0 Å². The van der Waals surface area contributed by atoms with E-state index in [0.717, 1.165) is 0 Å². The van der Waals surface area contributed by atoms with Gasteiger partial charge in [0.2, 0.25) is 0 Å². The Morgan fingerprint density at radius 1 is 0.394 bits per heavy atom. The summed E-state index contributed by atoms with van der Waals surface area (Å²) in [5, 5.41) is 0. The zero-order valence-electron chi connectivity index (χ0n) is 23.0. The van der Waals surface area contributed by atoms with E-state index in [9.17, 15) is 0 Å². The normalized spacial score (nSPS) is 22.1. The SMILES string of the molecule is CCCCCCCCCCCCCC[P+](C1CCCCC1)(C1CCCCC1)C1CCCCC1. The highest BCUT2D eigenvalue weighted by Gasteiger charge is 2.56. The van der Waals surface area contributed by atoms with Crippen molar-refractivity contribution in [3.05, 3.63) is 0 Å². The summed E-state index contributed by atoms with van der Waals surface area (Å²) < 4.78 is 0. The summed E-state index contributed by atoms with van der Waals surface area (Å²) in [5.41, 5.74) is 3.60. The zero-order valence-corrected chi connectivity index (χ0v) is 23.9. The number of rotatable bonds is 16. The predicted molar refractivity (Wildman–Crippen MR) is 153 cm³/mol. The third-order valence-electron chi connectivity index (χ3n) is 10.2. The summed E-state index contributed by atoms with van der Waals surface area (Å²) in [5.74, 6) is 0. The van der Waals surface area contributed by atoms with Gasteiger partial charge in [0.15, 0.2) is 0 Å². The summed E-state index contributed by atoms with van der Waals surface area (Å²) in [4.78, 5) is 0.